The van der Waals surface area contributed by atoms with Gasteiger partial charge in [0.1, 0.15) is 0 Å². The van der Waals surface area contributed by atoms with Crippen molar-refractivity contribution in [2.75, 3.05) is 5.75 Å². The minimum absolute atomic E-state index is 0.787. The predicted molar refractivity (Wildman–Crippen MR) is 61.1 cm³/mol. The van der Waals surface area contributed by atoms with E-state index in [1.165, 1.54) is 28.8 Å². The highest BCUT2D eigenvalue weighted by Gasteiger charge is 2.17. The smallest absolute Gasteiger partial charge is 0.0701 e. The van der Waals surface area contributed by atoms with Gasteiger partial charge in [-0.05, 0) is 46.7 Å². The van der Waals surface area contributed by atoms with E-state index in [-0.39, 0.29) is 0 Å². The van der Waals surface area contributed by atoms with E-state index in [9.17, 15) is 0 Å². The Morgan fingerprint density at radius 2 is 2.25 bits per heavy atom. The fourth-order valence-electron chi connectivity index (χ4n) is 1.47. The van der Waals surface area contributed by atoms with E-state index in [2.05, 4.69) is 39.8 Å². The highest BCUT2D eigenvalue weighted by atomic mass is 79.9. The summed E-state index contributed by atoms with van der Waals surface area (Å²) in [5.41, 5.74) is 0. The van der Waals surface area contributed by atoms with E-state index in [1.54, 1.807) is 4.88 Å². The van der Waals surface area contributed by atoms with E-state index in [0.717, 1.165) is 5.25 Å². The minimum Gasteiger partial charge on any atom is -0.153 e. The van der Waals surface area contributed by atoms with Crippen LogP contribution in [0.2, 0.25) is 0 Å². The molecule has 0 spiro atoms. The summed E-state index contributed by atoms with van der Waals surface area (Å²) in [5, 5.41) is 0.787. The SMILES string of the molecule is Brc1ccc(C2CCCCS2)s1. The first-order chi connectivity index (χ1) is 5.86. The van der Waals surface area contributed by atoms with Crippen LogP contribution in [0.3, 0.4) is 0 Å². The van der Waals surface area contributed by atoms with Gasteiger partial charge in [0, 0.05) is 10.1 Å². The molecular formula is C9H11BrS2. The minimum atomic E-state index is 0.787. The Morgan fingerprint density at radius 1 is 1.33 bits per heavy atom. The summed E-state index contributed by atoms with van der Waals surface area (Å²) in [7, 11) is 0. The molecule has 1 unspecified atom stereocenters. The first kappa shape index (κ1) is 9.10. The van der Waals surface area contributed by atoms with Crippen molar-refractivity contribution in [1.82, 2.24) is 0 Å². The molecule has 12 heavy (non-hydrogen) atoms. The summed E-state index contributed by atoms with van der Waals surface area (Å²) in [6.45, 7) is 0. The Hall–Kier alpha value is 0.530. The first-order valence-electron chi connectivity index (χ1n) is 4.23. The zero-order valence-corrected chi connectivity index (χ0v) is 9.97. The van der Waals surface area contributed by atoms with Gasteiger partial charge in [-0.1, -0.05) is 6.42 Å². The van der Waals surface area contributed by atoms with Gasteiger partial charge in [-0.2, -0.15) is 11.8 Å². The zero-order valence-electron chi connectivity index (χ0n) is 6.75. The molecule has 2 rings (SSSR count). The first-order valence-corrected chi connectivity index (χ1v) is 6.89. The van der Waals surface area contributed by atoms with Gasteiger partial charge < -0.3 is 0 Å². The normalized spacial score (nSPS) is 24.2. The third kappa shape index (κ3) is 2.06. The van der Waals surface area contributed by atoms with Crippen molar-refractivity contribution in [2.24, 2.45) is 0 Å². The van der Waals surface area contributed by atoms with Crippen LogP contribution in [-0.4, -0.2) is 5.75 Å². The lowest BCUT2D eigenvalue weighted by Crippen LogP contribution is -1.99. The quantitative estimate of drug-likeness (QED) is 0.720. The Morgan fingerprint density at radius 3 is 2.83 bits per heavy atom. The van der Waals surface area contributed by atoms with Gasteiger partial charge >= 0.3 is 0 Å². The van der Waals surface area contributed by atoms with Gasteiger partial charge in [-0.3, -0.25) is 0 Å². The largest absolute Gasteiger partial charge is 0.153 e. The molecule has 1 aliphatic rings. The molecule has 66 valence electrons. The number of thioether (sulfide) groups is 1. The molecule has 0 radical (unpaired) electrons. The van der Waals surface area contributed by atoms with Crippen LogP contribution >= 0.6 is 39.0 Å². The Bertz CT molecular complexity index is 251. The lowest BCUT2D eigenvalue weighted by atomic mass is 10.1. The summed E-state index contributed by atoms with van der Waals surface area (Å²) in [5.74, 6) is 1.35. The van der Waals surface area contributed by atoms with Crippen LogP contribution < -0.4 is 0 Å². The molecule has 0 bridgehead atoms. The summed E-state index contributed by atoms with van der Waals surface area (Å²) in [4.78, 5) is 1.55. The maximum Gasteiger partial charge on any atom is 0.0701 e. The third-order valence-electron chi connectivity index (χ3n) is 2.09. The summed E-state index contributed by atoms with van der Waals surface area (Å²) in [6, 6.07) is 4.42. The third-order valence-corrected chi connectivity index (χ3v) is 5.39. The average Bonchev–Trinajstić information content (AvgIpc) is 2.54. The van der Waals surface area contributed by atoms with Crippen LogP contribution in [-0.2, 0) is 0 Å². The Labute approximate surface area is 89.9 Å². The van der Waals surface area contributed by atoms with Crippen molar-refractivity contribution in [3.63, 3.8) is 0 Å². The fraction of sp³-hybridized carbons (Fsp3) is 0.556. The van der Waals surface area contributed by atoms with Gasteiger partial charge in [0.15, 0.2) is 0 Å². The zero-order chi connectivity index (χ0) is 8.39. The molecule has 3 heteroatoms. The molecule has 0 aliphatic carbocycles. The Balaban J connectivity index is 2.08. The maximum atomic E-state index is 3.51. The van der Waals surface area contributed by atoms with Crippen LogP contribution in [0.25, 0.3) is 0 Å². The van der Waals surface area contributed by atoms with Crippen molar-refractivity contribution in [3.05, 3.63) is 20.8 Å². The van der Waals surface area contributed by atoms with Crippen molar-refractivity contribution in [3.8, 4) is 0 Å². The van der Waals surface area contributed by atoms with Crippen molar-refractivity contribution in [2.45, 2.75) is 24.5 Å². The molecule has 2 heterocycles. The van der Waals surface area contributed by atoms with E-state index in [1.807, 2.05) is 11.3 Å². The maximum absolute atomic E-state index is 3.51. The summed E-state index contributed by atoms with van der Waals surface area (Å²) < 4.78 is 1.27. The van der Waals surface area contributed by atoms with E-state index >= 15 is 0 Å². The number of hydrogen-bond acceptors (Lipinski definition) is 2. The van der Waals surface area contributed by atoms with Gasteiger partial charge in [0.2, 0.25) is 0 Å². The molecule has 1 aliphatic heterocycles. The molecule has 1 saturated heterocycles. The molecule has 0 aromatic carbocycles. The number of halogens is 1. The van der Waals surface area contributed by atoms with Gasteiger partial charge in [-0.25, -0.2) is 0 Å². The van der Waals surface area contributed by atoms with Crippen molar-refractivity contribution in [1.29, 1.82) is 0 Å². The second-order valence-electron chi connectivity index (χ2n) is 3.00. The molecule has 0 saturated carbocycles. The highest BCUT2D eigenvalue weighted by Crippen LogP contribution is 2.41. The molecule has 0 N–H and O–H groups in total. The van der Waals surface area contributed by atoms with Gasteiger partial charge in [0.05, 0.1) is 3.79 Å². The van der Waals surface area contributed by atoms with Crippen LogP contribution in [0.1, 0.15) is 29.4 Å². The molecule has 1 aromatic rings. The van der Waals surface area contributed by atoms with Crippen LogP contribution in [0, 0.1) is 0 Å². The second kappa shape index (κ2) is 4.16. The topological polar surface area (TPSA) is 0 Å². The standard InChI is InChI=1S/C9H11BrS2/c10-9-5-4-8(12-9)7-3-1-2-6-11-7/h4-5,7H,1-3,6H2. The predicted octanol–water partition coefficient (Wildman–Crippen LogP) is 4.47. The lowest BCUT2D eigenvalue weighted by Gasteiger charge is -2.19. The van der Waals surface area contributed by atoms with E-state index in [0.29, 0.717) is 0 Å². The molecule has 1 fully saturated rings. The molecule has 1 aromatic heterocycles. The molecular weight excluding hydrogens is 252 g/mol. The van der Waals surface area contributed by atoms with E-state index < -0.39 is 0 Å². The van der Waals surface area contributed by atoms with Gasteiger partial charge in [-0.15, -0.1) is 11.3 Å². The monoisotopic (exact) mass is 262 g/mol. The molecule has 0 amide bonds. The van der Waals surface area contributed by atoms with Gasteiger partial charge in [0.25, 0.3) is 0 Å². The average molecular weight is 263 g/mol. The van der Waals surface area contributed by atoms with Crippen LogP contribution in [0.4, 0.5) is 0 Å². The lowest BCUT2D eigenvalue weighted by molar-refractivity contribution is 0.692. The van der Waals surface area contributed by atoms with Crippen molar-refractivity contribution < 1.29 is 0 Å². The summed E-state index contributed by atoms with van der Waals surface area (Å²) in [6.07, 6.45) is 4.19. The van der Waals surface area contributed by atoms with Crippen LogP contribution in [0.15, 0.2) is 15.9 Å². The summed E-state index contributed by atoms with van der Waals surface area (Å²) >= 11 is 7.52. The van der Waals surface area contributed by atoms with E-state index in [4.69, 9.17) is 0 Å². The molecule has 1 atom stereocenters. The fourth-order valence-corrected chi connectivity index (χ4v) is 4.49. The number of hydrogen-bond donors (Lipinski definition) is 0. The highest BCUT2D eigenvalue weighted by molar-refractivity contribution is 9.11. The second-order valence-corrected chi connectivity index (χ2v) is 6.80. The number of rotatable bonds is 1. The molecule has 0 nitrogen and oxygen atoms in total. The number of thiophene rings is 1. The van der Waals surface area contributed by atoms with Crippen LogP contribution in [0.5, 0.6) is 0 Å². The van der Waals surface area contributed by atoms with Crippen molar-refractivity contribution >= 4 is 39.0 Å². The Kier molecular flexibility index (Phi) is 3.15.